The predicted octanol–water partition coefficient (Wildman–Crippen LogP) is 2.86. The number of aryl methyl sites for hydroxylation is 1. The maximum Gasteiger partial charge on any atom is 0.228 e. The second-order valence-corrected chi connectivity index (χ2v) is 4.34. The molecule has 0 aromatic heterocycles. The van der Waals surface area contributed by atoms with Crippen LogP contribution in [0.4, 0.5) is 5.69 Å². The molecular formula is C12H18Cl2N2O. The Kier molecular flexibility index (Phi) is 7.19. The van der Waals surface area contributed by atoms with Gasteiger partial charge in [0.25, 0.3) is 0 Å². The minimum atomic E-state index is -0.0555. The highest BCUT2D eigenvalue weighted by atomic mass is 35.5. The molecule has 0 heterocycles. The normalized spacial score (nSPS) is 11.5. The van der Waals surface area contributed by atoms with E-state index in [1.165, 1.54) is 0 Å². The van der Waals surface area contributed by atoms with Crippen LogP contribution in [-0.4, -0.2) is 19.5 Å². The number of halogens is 2. The van der Waals surface area contributed by atoms with Crippen LogP contribution in [0, 0.1) is 12.8 Å². The molecule has 1 aromatic rings. The molecule has 3 nitrogen and oxygen atoms in total. The lowest BCUT2D eigenvalue weighted by Gasteiger charge is -2.13. The molecule has 0 aliphatic rings. The summed E-state index contributed by atoms with van der Waals surface area (Å²) < 4.78 is 0. The maximum absolute atomic E-state index is 11.8. The van der Waals surface area contributed by atoms with Crippen molar-refractivity contribution in [1.29, 1.82) is 0 Å². The summed E-state index contributed by atoms with van der Waals surface area (Å²) in [5.41, 5.74) is 1.79. The van der Waals surface area contributed by atoms with Crippen molar-refractivity contribution in [1.82, 2.24) is 5.32 Å². The fraction of sp³-hybridized carbons (Fsp3) is 0.417. The molecule has 1 unspecified atom stereocenters. The Hall–Kier alpha value is -0.770. The smallest absolute Gasteiger partial charge is 0.228 e. The maximum atomic E-state index is 11.8. The Morgan fingerprint density at radius 2 is 2.12 bits per heavy atom. The Morgan fingerprint density at radius 3 is 2.65 bits per heavy atom. The topological polar surface area (TPSA) is 41.1 Å². The van der Waals surface area contributed by atoms with Crippen LogP contribution in [-0.2, 0) is 4.79 Å². The number of rotatable bonds is 4. The van der Waals surface area contributed by atoms with Crippen LogP contribution in [0.2, 0.25) is 5.02 Å². The number of nitrogens with one attached hydrogen (secondary N) is 2. The van der Waals surface area contributed by atoms with Gasteiger partial charge in [-0.25, -0.2) is 0 Å². The van der Waals surface area contributed by atoms with E-state index in [1.54, 1.807) is 6.07 Å². The summed E-state index contributed by atoms with van der Waals surface area (Å²) >= 11 is 5.84. The molecule has 96 valence electrons. The lowest BCUT2D eigenvalue weighted by Crippen LogP contribution is -2.28. The van der Waals surface area contributed by atoms with E-state index >= 15 is 0 Å². The number of hydrogen-bond donors (Lipinski definition) is 2. The van der Waals surface area contributed by atoms with E-state index in [1.807, 2.05) is 33.0 Å². The SMILES string of the molecule is CNCC(C)C(=O)Nc1ccc(Cl)cc1C.Cl. The molecule has 0 aliphatic heterocycles. The summed E-state index contributed by atoms with van der Waals surface area (Å²) in [6, 6.07) is 5.43. The van der Waals surface area contributed by atoms with E-state index in [4.69, 9.17) is 11.6 Å². The first-order valence-corrected chi connectivity index (χ1v) is 5.64. The van der Waals surface area contributed by atoms with Crippen molar-refractivity contribution in [3.8, 4) is 0 Å². The third-order valence-electron chi connectivity index (χ3n) is 2.40. The van der Waals surface area contributed by atoms with Gasteiger partial charge in [0, 0.05) is 23.2 Å². The molecule has 0 spiro atoms. The number of benzene rings is 1. The highest BCUT2D eigenvalue weighted by Crippen LogP contribution is 2.19. The first-order chi connectivity index (χ1) is 7.54. The standard InChI is InChI=1S/C12H17ClN2O.ClH/c1-8-6-10(13)4-5-11(8)15-12(16)9(2)7-14-3;/h4-6,9,14H,7H2,1-3H3,(H,15,16);1H. The highest BCUT2D eigenvalue weighted by Gasteiger charge is 2.12. The number of carbonyl (C=O) groups is 1. The van der Waals surface area contributed by atoms with Crippen LogP contribution in [0.1, 0.15) is 12.5 Å². The molecule has 1 atom stereocenters. The largest absolute Gasteiger partial charge is 0.326 e. The zero-order valence-corrected chi connectivity index (χ0v) is 11.8. The quantitative estimate of drug-likeness (QED) is 0.888. The first kappa shape index (κ1) is 16.2. The molecule has 0 radical (unpaired) electrons. The Morgan fingerprint density at radius 1 is 1.47 bits per heavy atom. The van der Waals surface area contributed by atoms with Crippen molar-refractivity contribution < 1.29 is 4.79 Å². The highest BCUT2D eigenvalue weighted by molar-refractivity contribution is 6.30. The lowest BCUT2D eigenvalue weighted by atomic mass is 10.1. The summed E-state index contributed by atoms with van der Waals surface area (Å²) in [7, 11) is 1.83. The monoisotopic (exact) mass is 276 g/mol. The Balaban J connectivity index is 0.00000256. The number of carbonyl (C=O) groups excluding carboxylic acids is 1. The van der Waals surface area contributed by atoms with E-state index in [0.29, 0.717) is 11.6 Å². The molecule has 0 saturated carbocycles. The van der Waals surface area contributed by atoms with Crippen LogP contribution in [0.3, 0.4) is 0 Å². The van der Waals surface area contributed by atoms with Crippen molar-refractivity contribution in [3.05, 3.63) is 28.8 Å². The molecule has 0 bridgehead atoms. The first-order valence-electron chi connectivity index (χ1n) is 5.26. The fourth-order valence-electron chi connectivity index (χ4n) is 1.42. The number of anilines is 1. The lowest BCUT2D eigenvalue weighted by molar-refractivity contribution is -0.119. The van der Waals surface area contributed by atoms with E-state index in [0.717, 1.165) is 11.3 Å². The number of hydrogen-bond acceptors (Lipinski definition) is 2. The van der Waals surface area contributed by atoms with Gasteiger partial charge in [-0.1, -0.05) is 18.5 Å². The van der Waals surface area contributed by atoms with Crippen molar-refractivity contribution >= 4 is 35.6 Å². The molecule has 2 N–H and O–H groups in total. The number of amides is 1. The molecule has 1 rings (SSSR count). The van der Waals surface area contributed by atoms with Gasteiger partial charge in [0.05, 0.1) is 0 Å². The van der Waals surface area contributed by atoms with Crippen LogP contribution >= 0.6 is 24.0 Å². The Bertz CT molecular complexity index is 383. The van der Waals surface area contributed by atoms with Gasteiger partial charge in [0.15, 0.2) is 0 Å². The van der Waals surface area contributed by atoms with Gasteiger partial charge in [-0.2, -0.15) is 0 Å². The van der Waals surface area contributed by atoms with E-state index in [9.17, 15) is 4.79 Å². The molecular weight excluding hydrogens is 259 g/mol. The van der Waals surface area contributed by atoms with Gasteiger partial charge in [0.2, 0.25) is 5.91 Å². The molecule has 0 saturated heterocycles. The molecule has 0 aliphatic carbocycles. The van der Waals surface area contributed by atoms with Crippen molar-refractivity contribution in [2.24, 2.45) is 5.92 Å². The summed E-state index contributed by atoms with van der Waals surface area (Å²) in [4.78, 5) is 11.8. The minimum Gasteiger partial charge on any atom is -0.326 e. The third kappa shape index (κ3) is 4.94. The second-order valence-electron chi connectivity index (χ2n) is 3.91. The predicted molar refractivity (Wildman–Crippen MR) is 75.2 cm³/mol. The zero-order chi connectivity index (χ0) is 12.1. The molecule has 17 heavy (non-hydrogen) atoms. The summed E-state index contributed by atoms with van der Waals surface area (Å²) in [5, 5.41) is 6.54. The summed E-state index contributed by atoms with van der Waals surface area (Å²) in [5.74, 6) is -0.0418. The Labute approximate surface area is 113 Å². The molecule has 5 heteroatoms. The van der Waals surface area contributed by atoms with Crippen LogP contribution in [0.15, 0.2) is 18.2 Å². The van der Waals surface area contributed by atoms with Crippen LogP contribution in [0.25, 0.3) is 0 Å². The van der Waals surface area contributed by atoms with Crippen molar-refractivity contribution in [2.45, 2.75) is 13.8 Å². The third-order valence-corrected chi connectivity index (χ3v) is 2.64. The fourth-order valence-corrected chi connectivity index (χ4v) is 1.65. The van der Waals surface area contributed by atoms with Crippen LogP contribution in [0.5, 0.6) is 0 Å². The van der Waals surface area contributed by atoms with E-state index in [2.05, 4.69) is 10.6 Å². The second kappa shape index (κ2) is 7.54. The molecule has 0 fully saturated rings. The van der Waals surface area contributed by atoms with Gasteiger partial charge < -0.3 is 10.6 Å². The van der Waals surface area contributed by atoms with Crippen molar-refractivity contribution in [3.63, 3.8) is 0 Å². The van der Waals surface area contributed by atoms with E-state index < -0.39 is 0 Å². The van der Waals surface area contributed by atoms with Gasteiger partial charge in [-0.15, -0.1) is 12.4 Å². The minimum absolute atomic E-state index is 0. The molecule has 1 amide bonds. The summed E-state index contributed by atoms with van der Waals surface area (Å²) in [6.07, 6.45) is 0. The van der Waals surface area contributed by atoms with Gasteiger partial charge >= 0.3 is 0 Å². The summed E-state index contributed by atoms with van der Waals surface area (Å²) in [6.45, 7) is 4.47. The zero-order valence-electron chi connectivity index (χ0n) is 10.2. The molecule has 1 aromatic carbocycles. The van der Waals surface area contributed by atoms with Gasteiger partial charge in [0.1, 0.15) is 0 Å². The average molecular weight is 277 g/mol. The van der Waals surface area contributed by atoms with Gasteiger partial charge in [-0.3, -0.25) is 4.79 Å². The van der Waals surface area contributed by atoms with E-state index in [-0.39, 0.29) is 24.2 Å². The van der Waals surface area contributed by atoms with Gasteiger partial charge in [-0.05, 0) is 37.7 Å². The average Bonchev–Trinajstić information content (AvgIpc) is 2.22. The van der Waals surface area contributed by atoms with Crippen LogP contribution < -0.4 is 10.6 Å². The van der Waals surface area contributed by atoms with Crippen molar-refractivity contribution in [2.75, 3.05) is 18.9 Å².